The van der Waals surface area contributed by atoms with Crippen LogP contribution in [0.3, 0.4) is 0 Å². The summed E-state index contributed by atoms with van der Waals surface area (Å²) in [5.41, 5.74) is 0.381. The molecular formula is C31H50O5. The first-order valence-corrected chi connectivity index (χ1v) is 14.8. The van der Waals surface area contributed by atoms with Gasteiger partial charge in [-0.15, -0.1) is 0 Å². The van der Waals surface area contributed by atoms with E-state index in [0.29, 0.717) is 30.8 Å². The molecule has 0 aromatic rings. The summed E-state index contributed by atoms with van der Waals surface area (Å²) >= 11 is 0. The number of carbonyl (C=O) groups excluding carboxylic acids is 1. The van der Waals surface area contributed by atoms with Gasteiger partial charge >= 0.3 is 5.97 Å². The van der Waals surface area contributed by atoms with E-state index in [1.54, 1.807) is 7.11 Å². The lowest BCUT2D eigenvalue weighted by molar-refractivity contribution is -0.291. The Balaban J connectivity index is 1.39. The maximum atomic E-state index is 12.9. The van der Waals surface area contributed by atoms with Gasteiger partial charge < -0.3 is 19.7 Å². The number of ether oxygens (including phenoxy) is 2. The van der Waals surface area contributed by atoms with Gasteiger partial charge in [-0.25, -0.2) is 0 Å². The summed E-state index contributed by atoms with van der Waals surface area (Å²) in [7, 11) is 1.55. The Labute approximate surface area is 218 Å². The summed E-state index contributed by atoms with van der Waals surface area (Å²) in [6, 6.07) is 0. The van der Waals surface area contributed by atoms with Gasteiger partial charge in [0.05, 0.1) is 19.1 Å². The van der Waals surface area contributed by atoms with Crippen molar-refractivity contribution in [3.63, 3.8) is 0 Å². The quantitative estimate of drug-likeness (QED) is 0.449. The highest BCUT2D eigenvalue weighted by Gasteiger charge is 2.75. The number of hydrogen-bond donors (Lipinski definition) is 2. The molecule has 0 radical (unpaired) electrons. The van der Waals surface area contributed by atoms with Crippen LogP contribution in [0.2, 0.25) is 0 Å². The summed E-state index contributed by atoms with van der Waals surface area (Å²) < 4.78 is 11.3. The van der Waals surface area contributed by atoms with E-state index in [1.165, 1.54) is 25.7 Å². The molecular weight excluding hydrogens is 452 g/mol. The van der Waals surface area contributed by atoms with E-state index >= 15 is 0 Å². The maximum Gasteiger partial charge on any atom is 0.311 e. The molecule has 6 aliphatic rings. The lowest BCUT2D eigenvalue weighted by atomic mass is 9.30. The Morgan fingerprint density at radius 1 is 0.889 bits per heavy atom. The minimum absolute atomic E-state index is 0.0270. The third kappa shape index (κ3) is 2.72. The van der Waals surface area contributed by atoms with Crippen molar-refractivity contribution in [3.05, 3.63) is 0 Å². The number of carbonyl (C=O) groups is 1. The molecule has 2 bridgehead atoms. The van der Waals surface area contributed by atoms with Gasteiger partial charge in [0.1, 0.15) is 6.10 Å². The summed E-state index contributed by atoms with van der Waals surface area (Å²) in [4.78, 5) is 12.9. The minimum atomic E-state index is -1.38. The Hall–Kier alpha value is -0.650. The Morgan fingerprint density at radius 3 is 2.22 bits per heavy atom. The highest BCUT2D eigenvalue weighted by Crippen LogP contribution is 2.79. The first-order chi connectivity index (χ1) is 16.7. The molecule has 5 saturated carbocycles. The monoisotopic (exact) mass is 502 g/mol. The molecule has 36 heavy (non-hydrogen) atoms. The zero-order valence-electron chi connectivity index (χ0n) is 23.8. The third-order valence-corrected chi connectivity index (χ3v) is 14.8. The highest BCUT2D eigenvalue weighted by molar-refractivity contribution is 5.76. The molecule has 1 saturated heterocycles. The smallest absolute Gasteiger partial charge is 0.311 e. The number of aliphatic hydroxyl groups is 2. The average molecular weight is 503 g/mol. The molecule has 6 fully saturated rings. The second-order valence-electron chi connectivity index (χ2n) is 15.7. The number of fused-ring (bicyclic) bond motifs is 7. The van der Waals surface area contributed by atoms with Crippen molar-refractivity contribution in [2.24, 2.45) is 56.2 Å². The standard InChI is InChI=1S/C31H50O5/c1-19-30-9-8-20-27(4,21(30)16-23(32)31(19,34)36-18-30)13-15-29(6)22-17-26(3,24(33)35-7)11-10-25(22,2)12-14-28(20,29)5/h19-23,32,34H,8-18H2,1-7H3/t19-,20+,21+,22-,23-,25-,26-,27-,28-,29+,30+,31+/m1/s1. The first-order valence-electron chi connectivity index (χ1n) is 14.8. The maximum absolute atomic E-state index is 12.9. The van der Waals surface area contributed by atoms with Crippen molar-refractivity contribution in [2.45, 2.75) is 118 Å². The number of rotatable bonds is 1. The molecule has 5 heteroatoms. The summed E-state index contributed by atoms with van der Waals surface area (Å²) in [5.74, 6) is 0.0305. The Kier molecular flexibility index (Phi) is 5.19. The second kappa shape index (κ2) is 7.30. The van der Waals surface area contributed by atoms with Gasteiger partial charge in [0.15, 0.2) is 5.79 Å². The van der Waals surface area contributed by atoms with Crippen molar-refractivity contribution in [1.82, 2.24) is 0 Å². The van der Waals surface area contributed by atoms with Crippen LogP contribution in [0, 0.1) is 56.2 Å². The molecule has 204 valence electrons. The van der Waals surface area contributed by atoms with Crippen LogP contribution >= 0.6 is 0 Å². The normalized spacial score (nSPS) is 61.9. The van der Waals surface area contributed by atoms with Crippen molar-refractivity contribution in [1.29, 1.82) is 0 Å². The molecule has 1 spiro atoms. The third-order valence-electron chi connectivity index (χ3n) is 14.8. The molecule has 0 aromatic heterocycles. The predicted molar refractivity (Wildman–Crippen MR) is 138 cm³/mol. The van der Waals surface area contributed by atoms with Gasteiger partial charge in [-0.2, -0.15) is 0 Å². The molecule has 0 aromatic carbocycles. The summed E-state index contributed by atoms with van der Waals surface area (Å²) in [5, 5.41) is 22.3. The summed E-state index contributed by atoms with van der Waals surface area (Å²) in [6.07, 6.45) is 9.93. The number of methoxy groups -OCH3 is 1. The average Bonchev–Trinajstić information content (AvgIpc) is 3.02. The van der Waals surface area contributed by atoms with Crippen LogP contribution in [0.25, 0.3) is 0 Å². The van der Waals surface area contributed by atoms with Crippen LogP contribution in [0.5, 0.6) is 0 Å². The van der Waals surface area contributed by atoms with E-state index < -0.39 is 11.9 Å². The zero-order chi connectivity index (χ0) is 26.2. The van der Waals surface area contributed by atoms with Gasteiger partial charge in [-0.1, -0.05) is 34.6 Å². The van der Waals surface area contributed by atoms with E-state index in [0.717, 1.165) is 32.1 Å². The van der Waals surface area contributed by atoms with Crippen LogP contribution in [0.15, 0.2) is 0 Å². The zero-order valence-corrected chi connectivity index (χ0v) is 23.8. The molecule has 0 unspecified atom stereocenters. The predicted octanol–water partition coefficient (Wildman–Crippen LogP) is 5.71. The van der Waals surface area contributed by atoms with E-state index in [9.17, 15) is 15.0 Å². The van der Waals surface area contributed by atoms with Crippen LogP contribution in [-0.2, 0) is 14.3 Å². The number of hydrogen-bond acceptors (Lipinski definition) is 5. The molecule has 0 amide bonds. The van der Waals surface area contributed by atoms with Gasteiger partial charge in [0, 0.05) is 11.3 Å². The largest absolute Gasteiger partial charge is 0.469 e. The van der Waals surface area contributed by atoms with Crippen LogP contribution in [-0.4, -0.2) is 41.8 Å². The second-order valence-corrected chi connectivity index (χ2v) is 15.7. The lowest BCUT2D eigenvalue weighted by Gasteiger charge is -2.74. The van der Waals surface area contributed by atoms with E-state index in [-0.39, 0.29) is 44.4 Å². The fourth-order valence-electron chi connectivity index (χ4n) is 12.1. The summed E-state index contributed by atoms with van der Waals surface area (Å²) in [6.45, 7) is 15.1. The molecule has 6 rings (SSSR count). The van der Waals surface area contributed by atoms with Gasteiger partial charge in [-0.3, -0.25) is 4.79 Å². The van der Waals surface area contributed by atoms with Gasteiger partial charge in [0.25, 0.3) is 0 Å². The van der Waals surface area contributed by atoms with E-state index in [4.69, 9.17) is 9.47 Å². The molecule has 5 nitrogen and oxygen atoms in total. The Morgan fingerprint density at radius 2 is 1.53 bits per heavy atom. The fraction of sp³-hybridized carbons (Fsp3) is 0.968. The van der Waals surface area contributed by atoms with E-state index in [1.807, 2.05) is 0 Å². The molecule has 1 aliphatic heterocycles. The SMILES string of the molecule is COC(=O)[C@]1(C)CC[C@]2(C)CC[C@]3(C)[C@H]4CC[C@@]56CO[C@](O)([C@H](O)C[C@H]5[C@]4(C)CC[C@@]3(C)[C@@H]2C1)[C@@H]6C. The number of esters is 1. The Bertz CT molecular complexity index is 967. The number of aliphatic hydroxyl groups excluding tert-OH is 1. The van der Waals surface area contributed by atoms with Crippen molar-refractivity contribution in [3.8, 4) is 0 Å². The van der Waals surface area contributed by atoms with Crippen molar-refractivity contribution in [2.75, 3.05) is 13.7 Å². The first kappa shape index (κ1) is 25.6. The van der Waals surface area contributed by atoms with Crippen molar-refractivity contribution >= 4 is 5.97 Å². The van der Waals surface area contributed by atoms with Crippen molar-refractivity contribution < 1.29 is 24.5 Å². The molecule has 12 atom stereocenters. The van der Waals surface area contributed by atoms with Gasteiger partial charge in [0.2, 0.25) is 0 Å². The highest BCUT2D eigenvalue weighted by atomic mass is 16.6. The molecule has 5 aliphatic carbocycles. The van der Waals surface area contributed by atoms with E-state index in [2.05, 4.69) is 41.5 Å². The van der Waals surface area contributed by atoms with Crippen LogP contribution in [0.4, 0.5) is 0 Å². The van der Waals surface area contributed by atoms with Crippen LogP contribution in [0.1, 0.15) is 106 Å². The fourth-order valence-corrected chi connectivity index (χ4v) is 12.1. The molecule has 1 heterocycles. The van der Waals surface area contributed by atoms with Crippen LogP contribution < -0.4 is 0 Å². The topological polar surface area (TPSA) is 76.0 Å². The minimum Gasteiger partial charge on any atom is -0.469 e. The van der Waals surface area contributed by atoms with Gasteiger partial charge in [-0.05, 0) is 111 Å². The molecule has 2 N–H and O–H groups in total. The lowest BCUT2D eigenvalue weighted by Crippen LogP contribution is -2.69.